The van der Waals surface area contributed by atoms with Crippen molar-refractivity contribution in [3.63, 3.8) is 0 Å². The van der Waals surface area contributed by atoms with Gasteiger partial charge in [0, 0.05) is 10.6 Å². The van der Waals surface area contributed by atoms with E-state index in [1.165, 1.54) is 0 Å². The quantitative estimate of drug-likeness (QED) is 0.379. The third-order valence-electron chi connectivity index (χ3n) is 4.13. The molecule has 3 aromatic carbocycles. The number of hydrogen-bond donors (Lipinski definition) is 1. The number of carbonyl (C=O) groups is 1. The van der Waals surface area contributed by atoms with E-state index < -0.39 is 0 Å². The van der Waals surface area contributed by atoms with Crippen molar-refractivity contribution < 1.29 is 4.79 Å². The van der Waals surface area contributed by atoms with E-state index in [9.17, 15) is 4.79 Å². The van der Waals surface area contributed by atoms with Crippen LogP contribution < -0.4 is 0 Å². The van der Waals surface area contributed by atoms with E-state index in [1.807, 2.05) is 60.7 Å². The van der Waals surface area contributed by atoms with E-state index in [0.717, 1.165) is 16.6 Å². The summed E-state index contributed by atoms with van der Waals surface area (Å²) in [5, 5.41) is 0.585. The Morgan fingerprint density at radius 3 is 2.35 bits per heavy atom. The first-order valence-corrected chi connectivity index (χ1v) is 8.61. The predicted octanol–water partition coefficient (Wildman–Crippen LogP) is 5.64. The van der Waals surface area contributed by atoms with Gasteiger partial charge in [0.15, 0.2) is 5.78 Å². The summed E-state index contributed by atoms with van der Waals surface area (Å²) in [6.07, 6.45) is 1.79. The number of fused-ring (bicyclic) bond motifs is 1. The fourth-order valence-corrected chi connectivity index (χ4v) is 3.00. The Hall–Kier alpha value is -3.17. The van der Waals surface area contributed by atoms with Gasteiger partial charge in [0.2, 0.25) is 0 Å². The molecule has 0 amide bonds. The largest absolute Gasteiger partial charge is 0.338 e. The van der Waals surface area contributed by atoms with Crippen LogP contribution in [0.3, 0.4) is 0 Å². The van der Waals surface area contributed by atoms with Gasteiger partial charge in [0.1, 0.15) is 5.82 Å². The number of aromatic nitrogens is 2. The number of hydrogen-bond acceptors (Lipinski definition) is 2. The fraction of sp³-hybridized carbons (Fsp3) is 0. The van der Waals surface area contributed by atoms with Crippen molar-refractivity contribution in [3.05, 3.63) is 101 Å². The minimum Gasteiger partial charge on any atom is -0.338 e. The number of ketones is 1. The van der Waals surface area contributed by atoms with Crippen LogP contribution in [0.1, 0.15) is 21.7 Å². The minimum atomic E-state index is -0.107. The lowest BCUT2D eigenvalue weighted by Crippen LogP contribution is -2.04. The normalized spacial score (nSPS) is 11.7. The molecule has 4 heteroatoms. The molecule has 0 saturated carbocycles. The lowest BCUT2D eigenvalue weighted by atomic mass is 10.0. The van der Waals surface area contributed by atoms with Crippen molar-refractivity contribution in [3.8, 4) is 0 Å². The standard InChI is InChI=1S/C22H15ClN2O/c23-18-11-5-4-10-16(18)14-17(21(26)15-8-2-1-3-9-15)22-24-19-12-6-7-13-20(19)25-22/h1-14H,(H,24,25). The third-order valence-corrected chi connectivity index (χ3v) is 4.47. The molecule has 1 heterocycles. The molecular weight excluding hydrogens is 344 g/mol. The van der Waals surface area contributed by atoms with E-state index in [1.54, 1.807) is 24.3 Å². The highest BCUT2D eigenvalue weighted by molar-refractivity contribution is 6.35. The van der Waals surface area contributed by atoms with Gasteiger partial charge in [-0.1, -0.05) is 72.3 Å². The fourth-order valence-electron chi connectivity index (χ4n) is 2.81. The summed E-state index contributed by atoms with van der Waals surface area (Å²) in [5.41, 5.74) is 3.54. The van der Waals surface area contributed by atoms with E-state index in [4.69, 9.17) is 11.6 Å². The zero-order valence-corrected chi connectivity index (χ0v) is 14.6. The van der Waals surface area contributed by atoms with Gasteiger partial charge in [-0.2, -0.15) is 0 Å². The molecule has 0 aliphatic carbocycles. The van der Waals surface area contributed by atoms with Crippen LogP contribution in [0, 0.1) is 0 Å². The highest BCUT2D eigenvalue weighted by Crippen LogP contribution is 2.26. The van der Waals surface area contributed by atoms with Crippen LogP contribution in [0.15, 0.2) is 78.9 Å². The Balaban J connectivity index is 1.89. The summed E-state index contributed by atoms with van der Waals surface area (Å²) in [5.74, 6) is 0.421. The number of aromatic amines is 1. The zero-order valence-electron chi connectivity index (χ0n) is 13.8. The van der Waals surface area contributed by atoms with Gasteiger partial charge in [-0.25, -0.2) is 4.98 Å². The first-order chi connectivity index (χ1) is 12.7. The topological polar surface area (TPSA) is 45.8 Å². The number of allylic oxidation sites excluding steroid dienone is 1. The van der Waals surface area contributed by atoms with E-state index >= 15 is 0 Å². The van der Waals surface area contributed by atoms with Crippen LogP contribution in [0.25, 0.3) is 22.7 Å². The molecule has 4 aromatic rings. The van der Waals surface area contributed by atoms with Crippen molar-refractivity contribution in [2.75, 3.05) is 0 Å². The lowest BCUT2D eigenvalue weighted by Gasteiger charge is -2.06. The summed E-state index contributed by atoms with van der Waals surface area (Å²) in [7, 11) is 0. The number of para-hydroxylation sites is 2. The first-order valence-electron chi connectivity index (χ1n) is 8.23. The third kappa shape index (κ3) is 3.17. The second-order valence-electron chi connectivity index (χ2n) is 5.88. The van der Waals surface area contributed by atoms with Gasteiger partial charge in [0.25, 0.3) is 0 Å². The molecule has 0 aliphatic heterocycles. The summed E-state index contributed by atoms with van der Waals surface area (Å²) in [6.45, 7) is 0. The van der Waals surface area contributed by atoms with Gasteiger partial charge in [-0.15, -0.1) is 0 Å². The molecule has 1 aromatic heterocycles. The van der Waals surface area contributed by atoms with Crippen LogP contribution in [0.5, 0.6) is 0 Å². The number of Topliss-reactive ketones (excluding diaryl/α,β-unsaturated/α-hetero) is 1. The van der Waals surface area contributed by atoms with Gasteiger partial charge >= 0.3 is 0 Å². The number of nitrogens with one attached hydrogen (secondary N) is 1. The molecule has 0 aliphatic rings. The van der Waals surface area contributed by atoms with Crippen molar-refractivity contribution in [2.24, 2.45) is 0 Å². The summed E-state index contributed by atoms with van der Waals surface area (Å²) in [6, 6.07) is 24.3. The number of rotatable bonds is 4. The molecule has 3 nitrogen and oxygen atoms in total. The lowest BCUT2D eigenvalue weighted by molar-refractivity contribution is 0.105. The van der Waals surface area contributed by atoms with Gasteiger partial charge in [0.05, 0.1) is 16.6 Å². The van der Waals surface area contributed by atoms with E-state index in [0.29, 0.717) is 22.0 Å². The molecular formula is C22H15ClN2O. The van der Waals surface area contributed by atoms with Gasteiger partial charge < -0.3 is 4.98 Å². The molecule has 0 unspecified atom stereocenters. The average Bonchev–Trinajstić information content (AvgIpc) is 3.11. The summed E-state index contributed by atoms with van der Waals surface area (Å²) >= 11 is 6.30. The number of nitrogens with zero attached hydrogens (tertiary/aromatic N) is 1. The molecule has 0 fully saturated rings. The number of halogens is 1. The van der Waals surface area contributed by atoms with E-state index in [2.05, 4.69) is 9.97 Å². The predicted molar refractivity (Wildman–Crippen MR) is 106 cm³/mol. The van der Waals surface area contributed by atoms with Gasteiger partial charge in [-0.3, -0.25) is 4.79 Å². The molecule has 26 heavy (non-hydrogen) atoms. The average molecular weight is 359 g/mol. The monoisotopic (exact) mass is 358 g/mol. The molecule has 0 bridgehead atoms. The van der Waals surface area contributed by atoms with E-state index in [-0.39, 0.29) is 5.78 Å². The number of carbonyl (C=O) groups excluding carboxylic acids is 1. The van der Waals surface area contributed by atoms with Crippen molar-refractivity contribution in [1.82, 2.24) is 9.97 Å². The van der Waals surface area contributed by atoms with Crippen LogP contribution in [-0.4, -0.2) is 15.8 Å². The van der Waals surface area contributed by atoms with Crippen LogP contribution in [0.2, 0.25) is 5.02 Å². The van der Waals surface area contributed by atoms with Crippen molar-refractivity contribution >= 4 is 40.1 Å². The molecule has 126 valence electrons. The molecule has 0 spiro atoms. The highest BCUT2D eigenvalue weighted by atomic mass is 35.5. The molecule has 1 N–H and O–H groups in total. The zero-order chi connectivity index (χ0) is 17.9. The highest BCUT2D eigenvalue weighted by Gasteiger charge is 2.18. The molecule has 0 saturated heterocycles. The number of H-pyrrole nitrogens is 1. The smallest absolute Gasteiger partial charge is 0.196 e. The van der Waals surface area contributed by atoms with Crippen molar-refractivity contribution in [2.45, 2.75) is 0 Å². The summed E-state index contributed by atoms with van der Waals surface area (Å²) < 4.78 is 0. The Morgan fingerprint density at radius 1 is 0.885 bits per heavy atom. The Morgan fingerprint density at radius 2 is 1.58 bits per heavy atom. The second-order valence-corrected chi connectivity index (χ2v) is 6.28. The molecule has 4 rings (SSSR count). The Bertz CT molecular complexity index is 1080. The second kappa shape index (κ2) is 6.98. The minimum absolute atomic E-state index is 0.107. The number of benzene rings is 3. The maximum atomic E-state index is 13.2. The van der Waals surface area contributed by atoms with Crippen molar-refractivity contribution in [1.29, 1.82) is 0 Å². The maximum Gasteiger partial charge on any atom is 0.196 e. The maximum absolute atomic E-state index is 13.2. The van der Waals surface area contributed by atoms with Crippen LogP contribution in [-0.2, 0) is 0 Å². The molecule has 0 atom stereocenters. The Labute approximate surface area is 156 Å². The van der Waals surface area contributed by atoms with Crippen LogP contribution >= 0.6 is 11.6 Å². The summed E-state index contributed by atoms with van der Waals surface area (Å²) in [4.78, 5) is 21.0. The first kappa shape index (κ1) is 16.3. The number of imidazole rings is 1. The van der Waals surface area contributed by atoms with Gasteiger partial charge in [-0.05, 0) is 29.8 Å². The Kier molecular flexibility index (Phi) is 4.38. The SMILES string of the molecule is O=C(C(=Cc1ccccc1Cl)c1nc2ccccc2[nH]1)c1ccccc1. The van der Waals surface area contributed by atoms with Crippen LogP contribution in [0.4, 0.5) is 0 Å². The molecule has 0 radical (unpaired) electrons.